The summed E-state index contributed by atoms with van der Waals surface area (Å²) < 4.78 is 0. The van der Waals surface area contributed by atoms with Gasteiger partial charge in [-0.3, -0.25) is 0 Å². The Morgan fingerprint density at radius 2 is 0.960 bits per heavy atom. The van der Waals surface area contributed by atoms with Crippen molar-refractivity contribution < 1.29 is 0 Å². The van der Waals surface area contributed by atoms with Gasteiger partial charge in [0.05, 0.1) is 0 Å². The molecular weight excluding hydrogens is 302 g/mol. The van der Waals surface area contributed by atoms with Crippen LogP contribution in [0.5, 0.6) is 0 Å². The second-order valence-electron chi connectivity index (χ2n) is 8.69. The van der Waals surface area contributed by atoms with Gasteiger partial charge in [-0.2, -0.15) is 0 Å². The van der Waals surface area contributed by atoms with Gasteiger partial charge in [-0.05, 0) is 44.7 Å². The number of hydrogen-bond donors (Lipinski definition) is 0. The summed E-state index contributed by atoms with van der Waals surface area (Å²) >= 11 is 0. The first kappa shape index (κ1) is 23.0. The minimum Gasteiger partial charge on any atom is -0.303 e. The van der Waals surface area contributed by atoms with E-state index >= 15 is 0 Å². The standard InChI is InChI=1S/C24H49N/c1-3-5-7-9-11-12-14-16-20-24(23-25-21-17-18-22-25)19-15-13-10-8-6-4-2/h24H,3-23H2,1-2H3. The third kappa shape index (κ3) is 13.8. The molecule has 25 heavy (non-hydrogen) atoms. The van der Waals surface area contributed by atoms with Gasteiger partial charge in [0.2, 0.25) is 0 Å². The van der Waals surface area contributed by atoms with E-state index in [-0.39, 0.29) is 0 Å². The van der Waals surface area contributed by atoms with E-state index in [9.17, 15) is 0 Å². The Labute approximate surface area is 160 Å². The topological polar surface area (TPSA) is 3.24 Å². The van der Waals surface area contributed by atoms with Crippen molar-refractivity contribution in [1.29, 1.82) is 0 Å². The van der Waals surface area contributed by atoms with Gasteiger partial charge in [0.25, 0.3) is 0 Å². The zero-order chi connectivity index (χ0) is 18.0. The highest BCUT2D eigenvalue weighted by Crippen LogP contribution is 2.22. The maximum absolute atomic E-state index is 2.76. The molecule has 0 aromatic carbocycles. The average Bonchev–Trinajstić information content (AvgIpc) is 3.13. The van der Waals surface area contributed by atoms with Gasteiger partial charge < -0.3 is 4.90 Å². The summed E-state index contributed by atoms with van der Waals surface area (Å²) in [4.78, 5) is 2.76. The van der Waals surface area contributed by atoms with Gasteiger partial charge in [0.15, 0.2) is 0 Å². The second-order valence-corrected chi connectivity index (χ2v) is 8.69. The van der Waals surface area contributed by atoms with Crippen LogP contribution in [0.15, 0.2) is 0 Å². The van der Waals surface area contributed by atoms with Crippen LogP contribution >= 0.6 is 0 Å². The molecule has 1 saturated heterocycles. The highest BCUT2D eigenvalue weighted by molar-refractivity contribution is 4.71. The summed E-state index contributed by atoms with van der Waals surface area (Å²) in [6.07, 6.45) is 26.3. The molecule has 0 radical (unpaired) electrons. The highest BCUT2D eigenvalue weighted by atomic mass is 15.1. The maximum atomic E-state index is 2.76. The molecule has 0 saturated carbocycles. The minimum atomic E-state index is 0.990. The molecule has 1 aliphatic rings. The van der Waals surface area contributed by atoms with Crippen LogP contribution in [0.3, 0.4) is 0 Å². The van der Waals surface area contributed by atoms with Gasteiger partial charge in [0, 0.05) is 6.54 Å². The molecule has 0 spiro atoms. The number of hydrogen-bond acceptors (Lipinski definition) is 1. The van der Waals surface area contributed by atoms with Crippen LogP contribution in [0, 0.1) is 5.92 Å². The van der Waals surface area contributed by atoms with E-state index in [1.54, 1.807) is 0 Å². The van der Waals surface area contributed by atoms with E-state index in [2.05, 4.69) is 18.7 Å². The monoisotopic (exact) mass is 351 g/mol. The Bertz CT molecular complexity index is 257. The Morgan fingerprint density at radius 1 is 0.560 bits per heavy atom. The smallest absolute Gasteiger partial charge is 0.000966 e. The molecule has 1 heterocycles. The van der Waals surface area contributed by atoms with Gasteiger partial charge in [-0.25, -0.2) is 0 Å². The molecule has 1 fully saturated rings. The summed E-state index contributed by atoms with van der Waals surface area (Å²) in [7, 11) is 0. The van der Waals surface area contributed by atoms with Crippen molar-refractivity contribution in [1.82, 2.24) is 4.90 Å². The van der Waals surface area contributed by atoms with Crippen LogP contribution in [0.1, 0.15) is 129 Å². The van der Waals surface area contributed by atoms with Crippen molar-refractivity contribution in [3.63, 3.8) is 0 Å². The lowest BCUT2D eigenvalue weighted by atomic mass is 9.93. The molecule has 1 nitrogen and oxygen atoms in total. The summed E-state index contributed by atoms with van der Waals surface area (Å²) in [6.45, 7) is 8.79. The number of rotatable bonds is 18. The summed E-state index contributed by atoms with van der Waals surface area (Å²) in [6, 6.07) is 0. The quantitative estimate of drug-likeness (QED) is 0.226. The first-order chi connectivity index (χ1) is 12.4. The van der Waals surface area contributed by atoms with Gasteiger partial charge in [-0.15, -0.1) is 0 Å². The number of likely N-dealkylation sites (tertiary alicyclic amines) is 1. The molecule has 0 bridgehead atoms. The van der Waals surface area contributed by atoms with Crippen LogP contribution in [0.25, 0.3) is 0 Å². The number of unbranched alkanes of at least 4 members (excludes halogenated alkanes) is 12. The maximum Gasteiger partial charge on any atom is 0.000966 e. The predicted octanol–water partition coefficient (Wildman–Crippen LogP) is 7.98. The molecule has 1 unspecified atom stereocenters. The zero-order valence-corrected chi connectivity index (χ0v) is 17.9. The second kappa shape index (κ2) is 17.4. The minimum absolute atomic E-state index is 0.990. The van der Waals surface area contributed by atoms with E-state index in [0.717, 1.165) is 5.92 Å². The van der Waals surface area contributed by atoms with E-state index < -0.39 is 0 Å². The first-order valence-electron chi connectivity index (χ1n) is 12.1. The van der Waals surface area contributed by atoms with E-state index in [4.69, 9.17) is 0 Å². The highest BCUT2D eigenvalue weighted by Gasteiger charge is 2.17. The van der Waals surface area contributed by atoms with Crippen molar-refractivity contribution in [2.75, 3.05) is 19.6 Å². The van der Waals surface area contributed by atoms with Crippen molar-refractivity contribution in [3.05, 3.63) is 0 Å². The molecule has 0 aliphatic carbocycles. The molecule has 0 N–H and O–H groups in total. The fourth-order valence-corrected chi connectivity index (χ4v) is 4.44. The third-order valence-corrected chi connectivity index (χ3v) is 6.15. The Morgan fingerprint density at radius 3 is 1.40 bits per heavy atom. The fourth-order valence-electron chi connectivity index (χ4n) is 4.44. The molecule has 0 amide bonds. The molecule has 1 rings (SSSR count). The SMILES string of the molecule is CCCCCCCCCCC(CCCCCCCC)CN1CCCC1. The number of nitrogens with zero attached hydrogens (tertiary/aromatic N) is 1. The van der Waals surface area contributed by atoms with E-state index in [1.807, 2.05) is 0 Å². The molecule has 1 atom stereocenters. The summed E-state index contributed by atoms with van der Waals surface area (Å²) in [5.74, 6) is 0.990. The van der Waals surface area contributed by atoms with Crippen molar-refractivity contribution in [2.45, 2.75) is 129 Å². The third-order valence-electron chi connectivity index (χ3n) is 6.15. The predicted molar refractivity (Wildman–Crippen MR) is 114 cm³/mol. The molecular formula is C24H49N. The van der Waals surface area contributed by atoms with Crippen molar-refractivity contribution in [3.8, 4) is 0 Å². The van der Waals surface area contributed by atoms with E-state index in [0.29, 0.717) is 0 Å². The lowest BCUT2D eigenvalue weighted by Gasteiger charge is -2.23. The van der Waals surface area contributed by atoms with Crippen molar-refractivity contribution >= 4 is 0 Å². The fraction of sp³-hybridized carbons (Fsp3) is 1.00. The van der Waals surface area contributed by atoms with Gasteiger partial charge in [-0.1, -0.05) is 104 Å². The Hall–Kier alpha value is -0.0400. The molecule has 1 aliphatic heterocycles. The van der Waals surface area contributed by atoms with Gasteiger partial charge >= 0.3 is 0 Å². The lowest BCUT2D eigenvalue weighted by molar-refractivity contribution is 0.250. The molecule has 0 aromatic rings. The summed E-state index contributed by atoms with van der Waals surface area (Å²) in [5.41, 5.74) is 0. The van der Waals surface area contributed by atoms with Crippen LogP contribution < -0.4 is 0 Å². The Balaban J connectivity index is 2.08. The van der Waals surface area contributed by atoms with Crippen molar-refractivity contribution in [2.24, 2.45) is 5.92 Å². The van der Waals surface area contributed by atoms with Crippen LogP contribution in [0.2, 0.25) is 0 Å². The zero-order valence-electron chi connectivity index (χ0n) is 17.9. The van der Waals surface area contributed by atoms with Crippen LogP contribution in [0.4, 0.5) is 0 Å². The van der Waals surface area contributed by atoms with Gasteiger partial charge in [0.1, 0.15) is 0 Å². The largest absolute Gasteiger partial charge is 0.303 e. The molecule has 150 valence electrons. The Kier molecular flexibility index (Phi) is 16.0. The van der Waals surface area contributed by atoms with E-state index in [1.165, 1.54) is 135 Å². The van der Waals surface area contributed by atoms with Crippen LogP contribution in [-0.2, 0) is 0 Å². The first-order valence-corrected chi connectivity index (χ1v) is 12.1. The molecule has 1 heteroatoms. The summed E-state index contributed by atoms with van der Waals surface area (Å²) in [5, 5.41) is 0. The molecule has 0 aromatic heterocycles. The lowest BCUT2D eigenvalue weighted by Crippen LogP contribution is -2.26. The van der Waals surface area contributed by atoms with Crippen LogP contribution in [-0.4, -0.2) is 24.5 Å². The normalized spacial score (nSPS) is 16.6. The average molecular weight is 352 g/mol.